The number of aldehydes is 1. The van der Waals surface area contributed by atoms with Gasteiger partial charge in [-0.15, -0.1) is 0 Å². The Bertz CT molecular complexity index is 508. The Labute approximate surface area is 80.3 Å². The molecular weight excluding hydrogens is 180 g/mol. The van der Waals surface area contributed by atoms with Crippen molar-refractivity contribution in [1.29, 1.82) is 0 Å². The van der Waals surface area contributed by atoms with Gasteiger partial charge in [0.25, 0.3) is 0 Å². The van der Waals surface area contributed by atoms with Gasteiger partial charge in [-0.05, 0) is 13.0 Å². The quantitative estimate of drug-likeness (QED) is 0.537. The first-order valence-corrected chi connectivity index (χ1v) is 4.21. The maximum absolute atomic E-state index is 11.3. The number of hydrogen-bond donors (Lipinski definition) is 0. The number of fused-ring (bicyclic) bond motifs is 1. The molecule has 1 aromatic carbocycles. The molecule has 1 aromatic heterocycles. The van der Waals surface area contributed by atoms with E-state index in [4.69, 9.17) is 4.42 Å². The molecule has 0 atom stereocenters. The fourth-order valence-electron chi connectivity index (χ4n) is 1.51. The van der Waals surface area contributed by atoms with Gasteiger partial charge < -0.3 is 4.42 Å². The molecule has 0 saturated carbocycles. The molecule has 0 spiro atoms. The van der Waals surface area contributed by atoms with E-state index >= 15 is 0 Å². The summed E-state index contributed by atoms with van der Waals surface area (Å²) in [4.78, 5) is 21.9. The average Bonchev–Trinajstić information content (AvgIpc) is 2.55. The second kappa shape index (κ2) is 3.10. The van der Waals surface area contributed by atoms with Crippen molar-refractivity contribution in [2.75, 3.05) is 0 Å². The van der Waals surface area contributed by atoms with Gasteiger partial charge in [0, 0.05) is 5.39 Å². The molecule has 3 nitrogen and oxygen atoms in total. The van der Waals surface area contributed by atoms with Crippen molar-refractivity contribution in [2.45, 2.75) is 6.92 Å². The maximum Gasteiger partial charge on any atom is 0.186 e. The molecule has 0 radical (unpaired) electrons. The highest BCUT2D eigenvalue weighted by atomic mass is 16.3. The van der Waals surface area contributed by atoms with Crippen LogP contribution in [0.5, 0.6) is 0 Å². The third-order valence-corrected chi connectivity index (χ3v) is 2.08. The van der Waals surface area contributed by atoms with Crippen LogP contribution in [-0.4, -0.2) is 12.1 Å². The van der Waals surface area contributed by atoms with Crippen molar-refractivity contribution in [3.63, 3.8) is 0 Å². The van der Waals surface area contributed by atoms with E-state index in [1.54, 1.807) is 24.3 Å². The summed E-state index contributed by atoms with van der Waals surface area (Å²) in [5.41, 5.74) is 0.940. The van der Waals surface area contributed by atoms with Gasteiger partial charge in [-0.25, -0.2) is 0 Å². The summed E-state index contributed by atoms with van der Waals surface area (Å²) in [5, 5.41) is 0.696. The van der Waals surface area contributed by atoms with Gasteiger partial charge in [-0.2, -0.15) is 0 Å². The minimum atomic E-state index is -0.156. The number of benzene rings is 1. The van der Waals surface area contributed by atoms with E-state index in [0.717, 1.165) is 0 Å². The zero-order valence-corrected chi connectivity index (χ0v) is 7.61. The number of furan rings is 1. The molecule has 0 saturated heterocycles. The Kier molecular flexibility index (Phi) is 1.93. The Morgan fingerprint density at radius 2 is 2.07 bits per heavy atom. The van der Waals surface area contributed by atoms with Crippen LogP contribution in [0.15, 0.2) is 28.7 Å². The smallest absolute Gasteiger partial charge is 0.186 e. The summed E-state index contributed by atoms with van der Waals surface area (Å²) >= 11 is 0. The normalized spacial score (nSPS) is 10.4. The highest BCUT2D eigenvalue weighted by Gasteiger charge is 2.16. The van der Waals surface area contributed by atoms with Gasteiger partial charge in [0.05, 0.1) is 5.56 Å². The van der Waals surface area contributed by atoms with Crippen LogP contribution in [0.3, 0.4) is 0 Å². The summed E-state index contributed by atoms with van der Waals surface area (Å²) in [6, 6.07) is 7.10. The van der Waals surface area contributed by atoms with Gasteiger partial charge >= 0.3 is 0 Å². The highest BCUT2D eigenvalue weighted by molar-refractivity contribution is 6.11. The van der Waals surface area contributed by atoms with Crippen molar-refractivity contribution in [3.05, 3.63) is 35.6 Å². The molecule has 0 unspecified atom stereocenters. The Balaban J connectivity index is 2.87. The second-order valence-electron chi connectivity index (χ2n) is 3.01. The van der Waals surface area contributed by atoms with Crippen molar-refractivity contribution >= 4 is 23.0 Å². The topological polar surface area (TPSA) is 47.3 Å². The minimum Gasteiger partial charge on any atom is -0.452 e. The van der Waals surface area contributed by atoms with Crippen LogP contribution >= 0.6 is 0 Å². The monoisotopic (exact) mass is 188 g/mol. The molecular formula is C11H8O3. The second-order valence-corrected chi connectivity index (χ2v) is 3.01. The number of carbonyl (C=O) groups is 2. The van der Waals surface area contributed by atoms with Crippen LogP contribution in [0.1, 0.15) is 27.8 Å². The third-order valence-electron chi connectivity index (χ3n) is 2.08. The van der Waals surface area contributed by atoms with Crippen molar-refractivity contribution in [2.24, 2.45) is 0 Å². The van der Waals surface area contributed by atoms with Crippen LogP contribution in [0.25, 0.3) is 11.0 Å². The van der Waals surface area contributed by atoms with E-state index in [1.807, 2.05) is 0 Å². The summed E-state index contributed by atoms with van der Waals surface area (Å²) in [6.45, 7) is 1.42. The molecule has 14 heavy (non-hydrogen) atoms. The lowest BCUT2D eigenvalue weighted by Crippen LogP contribution is -1.94. The molecule has 0 aliphatic carbocycles. The third kappa shape index (κ3) is 1.14. The van der Waals surface area contributed by atoms with Gasteiger partial charge in [0.1, 0.15) is 5.58 Å². The SMILES string of the molecule is CC(=O)c1c(C=O)oc2ccccc12. The average molecular weight is 188 g/mol. The van der Waals surface area contributed by atoms with E-state index in [-0.39, 0.29) is 11.5 Å². The lowest BCUT2D eigenvalue weighted by molar-refractivity contribution is 0.100. The molecule has 2 aromatic rings. The lowest BCUT2D eigenvalue weighted by Gasteiger charge is -1.90. The molecule has 0 aliphatic rings. The van der Waals surface area contributed by atoms with Gasteiger partial charge in [0.15, 0.2) is 17.8 Å². The molecule has 70 valence electrons. The highest BCUT2D eigenvalue weighted by Crippen LogP contribution is 2.24. The maximum atomic E-state index is 11.3. The van der Waals surface area contributed by atoms with Crippen LogP contribution in [0.4, 0.5) is 0 Å². The predicted octanol–water partition coefficient (Wildman–Crippen LogP) is 2.45. The Morgan fingerprint density at radius 1 is 1.36 bits per heavy atom. The summed E-state index contributed by atoms with van der Waals surface area (Å²) in [5.74, 6) is -0.0456. The molecule has 1 heterocycles. The number of ketones is 1. The van der Waals surface area contributed by atoms with Gasteiger partial charge in [-0.1, -0.05) is 18.2 Å². The number of hydrogen-bond acceptors (Lipinski definition) is 3. The van der Waals surface area contributed by atoms with Gasteiger partial charge in [-0.3, -0.25) is 9.59 Å². The summed E-state index contributed by atoms with van der Waals surface area (Å²) in [6.07, 6.45) is 0.566. The van der Waals surface area contributed by atoms with Crippen LogP contribution in [-0.2, 0) is 0 Å². The standard InChI is InChI=1S/C11H8O3/c1-7(13)11-8-4-2-3-5-9(8)14-10(11)6-12/h2-6H,1H3. The number of carbonyl (C=O) groups excluding carboxylic acids is 2. The Hall–Kier alpha value is -1.90. The van der Waals surface area contributed by atoms with Crippen molar-refractivity contribution < 1.29 is 14.0 Å². The minimum absolute atomic E-state index is 0.110. The zero-order valence-electron chi connectivity index (χ0n) is 7.61. The van der Waals surface area contributed by atoms with Crippen molar-refractivity contribution in [3.8, 4) is 0 Å². The van der Waals surface area contributed by atoms with Crippen molar-refractivity contribution in [1.82, 2.24) is 0 Å². The molecule has 0 N–H and O–H groups in total. The zero-order chi connectivity index (χ0) is 10.1. The van der Waals surface area contributed by atoms with Crippen LogP contribution in [0, 0.1) is 0 Å². The molecule has 2 rings (SSSR count). The first-order valence-electron chi connectivity index (χ1n) is 4.21. The van der Waals surface area contributed by atoms with E-state index < -0.39 is 0 Å². The van der Waals surface area contributed by atoms with Crippen LogP contribution in [0.2, 0.25) is 0 Å². The van der Waals surface area contributed by atoms with Gasteiger partial charge in [0.2, 0.25) is 0 Å². The summed E-state index contributed by atoms with van der Waals surface area (Å²) in [7, 11) is 0. The first kappa shape index (κ1) is 8.69. The predicted molar refractivity (Wildman–Crippen MR) is 51.6 cm³/mol. The Morgan fingerprint density at radius 3 is 2.71 bits per heavy atom. The molecule has 0 aliphatic heterocycles. The fourth-order valence-corrected chi connectivity index (χ4v) is 1.51. The number of para-hydroxylation sites is 1. The molecule has 0 bridgehead atoms. The van der Waals surface area contributed by atoms with Crippen LogP contribution < -0.4 is 0 Å². The molecule has 0 amide bonds. The lowest BCUT2D eigenvalue weighted by atomic mass is 10.1. The number of rotatable bonds is 2. The van der Waals surface area contributed by atoms with E-state index in [9.17, 15) is 9.59 Å². The fraction of sp³-hybridized carbons (Fsp3) is 0.0909. The largest absolute Gasteiger partial charge is 0.452 e. The van der Waals surface area contributed by atoms with E-state index in [2.05, 4.69) is 0 Å². The molecule has 0 fully saturated rings. The van der Waals surface area contributed by atoms with E-state index in [1.165, 1.54) is 6.92 Å². The number of Topliss-reactive ketones (excluding diaryl/α,β-unsaturated/α-hetero) is 1. The summed E-state index contributed by atoms with van der Waals surface area (Å²) < 4.78 is 5.22. The van der Waals surface area contributed by atoms with E-state index in [0.29, 0.717) is 22.8 Å². The first-order chi connectivity index (χ1) is 6.74. The molecule has 3 heteroatoms.